The largest absolute Gasteiger partial charge is 0.478 e. The Labute approximate surface area is 129 Å². The molecule has 5 heteroatoms. The number of thioether (sulfide) groups is 1. The van der Waals surface area contributed by atoms with Gasteiger partial charge in [-0.2, -0.15) is 0 Å². The fraction of sp³-hybridized carbons (Fsp3) is 0.562. The van der Waals surface area contributed by atoms with Crippen LogP contribution in [0.15, 0.2) is 23.1 Å². The first kappa shape index (κ1) is 14.7. The molecule has 1 aromatic carbocycles. The molecule has 3 rings (SSSR count). The van der Waals surface area contributed by atoms with Crippen LogP contribution in [0, 0.1) is 0 Å². The first-order chi connectivity index (χ1) is 10.2. The third-order valence-electron chi connectivity index (χ3n) is 4.48. The van der Waals surface area contributed by atoms with E-state index in [0.29, 0.717) is 18.2 Å². The topological polar surface area (TPSA) is 49.8 Å². The van der Waals surface area contributed by atoms with E-state index in [4.69, 9.17) is 4.74 Å². The second kappa shape index (κ2) is 6.28. The van der Waals surface area contributed by atoms with Crippen LogP contribution in [0.25, 0.3) is 0 Å². The van der Waals surface area contributed by atoms with Crippen LogP contribution in [-0.2, 0) is 4.74 Å². The number of hydrogen-bond acceptors (Lipinski definition) is 4. The van der Waals surface area contributed by atoms with Crippen LogP contribution < -0.4 is 4.90 Å². The molecule has 1 saturated carbocycles. The molecule has 1 aliphatic heterocycles. The van der Waals surface area contributed by atoms with Crippen molar-refractivity contribution in [2.75, 3.05) is 24.3 Å². The van der Waals surface area contributed by atoms with Crippen molar-refractivity contribution in [3.05, 3.63) is 23.8 Å². The Bertz CT molecular complexity index is 532. The lowest BCUT2D eigenvalue weighted by molar-refractivity contribution is -0.00880. The minimum atomic E-state index is -0.839. The van der Waals surface area contributed by atoms with Gasteiger partial charge in [-0.1, -0.05) is 18.9 Å². The van der Waals surface area contributed by atoms with Gasteiger partial charge in [-0.05, 0) is 31.2 Å². The number of benzene rings is 1. The Morgan fingerprint density at radius 3 is 2.95 bits per heavy atom. The fourth-order valence-electron chi connectivity index (χ4n) is 3.54. The molecule has 114 valence electrons. The number of carbonyl (C=O) groups is 1. The van der Waals surface area contributed by atoms with Crippen molar-refractivity contribution in [2.45, 2.75) is 42.7 Å². The first-order valence-electron chi connectivity index (χ1n) is 7.51. The van der Waals surface area contributed by atoms with Gasteiger partial charge in [0.25, 0.3) is 0 Å². The highest BCUT2D eigenvalue weighted by atomic mass is 32.2. The van der Waals surface area contributed by atoms with Crippen LogP contribution in [-0.4, -0.2) is 42.6 Å². The predicted molar refractivity (Wildman–Crippen MR) is 84.5 cm³/mol. The Balaban J connectivity index is 2.00. The van der Waals surface area contributed by atoms with Gasteiger partial charge in [-0.25, -0.2) is 4.79 Å². The molecule has 4 nitrogen and oxygen atoms in total. The fourth-order valence-corrected chi connectivity index (χ4v) is 4.15. The van der Waals surface area contributed by atoms with Crippen LogP contribution in [0.2, 0.25) is 0 Å². The summed E-state index contributed by atoms with van der Waals surface area (Å²) in [4.78, 5) is 14.8. The lowest BCUT2D eigenvalue weighted by atomic mass is 9.89. The van der Waals surface area contributed by atoms with E-state index in [2.05, 4.69) is 4.90 Å². The van der Waals surface area contributed by atoms with Gasteiger partial charge in [0.2, 0.25) is 0 Å². The molecule has 1 N–H and O–H groups in total. The van der Waals surface area contributed by atoms with Crippen LogP contribution >= 0.6 is 11.8 Å². The lowest BCUT2D eigenvalue weighted by Gasteiger charge is -2.45. The highest BCUT2D eigenvalue weighted by Gasteiger charge is 2.36. The zero-order valence-electron chi connectivity index (χ0n) is 12.2. The minimum Gasteiger partial charge on any atom is -0.478 e. The van der Waals surface area contributed by atoms with Crippen LogP contribution in [0.1, 0.15) is 36.0 Å². The van der Waals surface area contributed by atoms with E-state index >= 15 is 0 Å². The Kier molecular flexibility index (Phi) is 4.40. The number of nitrogens with zero attached hydrogens (tertiary/aromatic N) is 1. The Morgan fingerprint density at radius 1 is 1.38 bits per heavy atom. The SMILES string of the molecule is CSc1cccc(N2CCOC3CCCCC32)c1C(=O)O. The molecule has 2 aliphatic rings. The summed E-state index contributed by atoms with van der Waals surface area (Å²) in [6.07, 6.45) is 6.77. The Hall–Kier alpha value is -1.20. The van der Waals surface area contributed by atoms with Crippen molar-refractivity contribution in [1.82, 2.24) is 0 Å². The third-order valence-corrected chi connectivity index (χ3v) is 5.26. The molecule has 1 aromatic rings. The summed E-state index contributed by atoms with van der Waals surface area (Å²) in [7, 11) is 0. The van der Waals surface area contributed by atoms with Gasteiger partial charge in [-0.3, -0.25) is 0 Å². The van der Waals surface area contributed by atoms with E-state index in [-0.39, 0.29) is 6.10 Å². The molecule has 0 radical (unpaired) electrons. The van der Waals surface area contributed by atoms with Gasteiger partial charge in [0.15, 0.2) is 0 Å². The summed E-state index contributed by atoms with van der Waals surface area (Å²) in [6.45, 7) is 1.46. The van der Waals surface area contributed by atoms with Crippen molar-refractivity contribution < 1.29 is 14.6 Å². The molecule has 21 heavy (non-hydrogen) atoms. The van der Waals surface area contributed by atoms with Crippen LogP contribution in [0.5, 0.6) is 0 Å². The minimum absolute atomic E-state index is 0.257. The number of hydrogen-bond donors (Lipinski definition) is 1. The number of ether oxygens (including phenoxy) is 1. The number of anilines is 1. The third kappa shape index (κ3) is 2.77. The summed E-state index contributed by atoms with van der Waals surface area (Å²) in [5.41, 5.74) is 1.30. The standard InChI is InChI=1S/C16H21NO3S/c1-21-14-8-4-6-12(15(14)16(18)19)17-9-10-20-13-7-3-2-5-11(13)17/h4,6,8,11,13H,2-3,5,7,9-10H2,1H3,(H,18,19). The van der Waals surface area contributed by atoms with E-state index in [1.54, 1.807) is 0 Å². The zero-order valence-corrected chi connectivity index (χ0v) is 13.1. The highest BCUT2D eigenvalue weighted by molar-refractivity contribution is 7.98. The first-order valence-corrected chi connectivity index (χ1v) is 8.73. The molecule has 0 aromatic heterocycles. The van der Waals surface area contributed by atoms with Gasteiger partial charge in [0.05, 0.1) is 30.0 Å². The van der Waals surface area contributed by atoms with Gasteiger partial charge >= 0.3 is 5.97 Å². The second-order valence-corrected chi connectivity index (χ2v) is 6.46. The number of morpholine rings is 1. The van der Waals surface area contributed by atoms with Crippen LogP contribution in [0.4, 0.5) is 5.69 Å². The van der Waals surface area contributed by atoms with Crippen molar-refractivity contribution in [3.63, 3.8) is 0 Å². The molecule has 0 spiro atoms. The molecule has 0 amide bonds. The van der Waals surface area contributed by atoms with Gasteiger partial charge < -0.3 is 14.7 Å². The van der Waals surface area contributed by atoms with E-state index in [1.807, 2.05) is 24.5 Å². The number of rotatable bonds is 3. The maximum atomic E-state index is 11.7. The average Bonchev–Trinajstić information content (AvgIpc) is 2.53. The molecule has 1 saturated heterocycles. The van der Waals surface area contributed by atoms with E-state index in [9.17, 15) is 9.90 Å². The van der Waals surface area contributed by atoms with E-state index in [0.717, 1.165) is 30.0 Å². The normalized spacial score (nSPS) is 25.5. The predicted octanol–water partition coefficient (Wildman–Crippen LogP) is 3.25. The monoisotopic (exact) mass is 307 g/mol. The molecular formula is C16H21NO3S. The van der Waals surface area contributed by atoms with Crippen LogP contribution in [0.3, 0.4) is 0 Å². The van der Waals surface area contributed by atoms with Crippen molar-refractivity contribution >= 4 is 23.4 Å². The van der Waals surface area contributed by atoms with E-state index in [1.165, 1.54) is 24.6 Å². The van der Waals surface area contributed by atoms with Gasteiger partial charge in [0, 0.05) is 11.4 Å². The summed E-state index contributed by atoms with van der Waals surface area (Å²) < 4.78 is 5.90. The molecule has 1 aliphatic carbocycles. The van der Waals surface area contributed by atoms with Crippen molar-refractivity contribution in [1.29, 1.82) is 0 Å². The molecule has 1 heterocycles. The molecule has 2 unspecified atom stereocenters. The number of carboxylic acid groups (broad SMARTS) is 1. The maximum absolute atomic E-state index is 11.7. The van der Waals surface area contributed by atoms with Crippen molar-refractivity contribution in [2.24, 2.45) is 0 Å². The average molecular weight is 307 g/mol. The summed E-state index contributed by atoms with van der Waals surface area (Å²) >= 11 is 1.49. The molecule has 2 atom stereocenters. The van der Waals surface area contributed by atoms with Gasteiger partial charge in [0.1, 0.15) is 0 Å². The number of aromatic carboxylic acids is 1. The molecule has 0 bridgehead atoms. The maximum Gasteiger partial charge on any atom is 0.338 e. The summed E-state index contributed by atoms with van der Waals surface area (Å²) in [5.74, 6) is -0.839. The summed E-state index contributed by atoms with van der Waals surface area (Å²) in [6, 6.07) is 6.11. The molecular weight excluding hydrogens is 286 g/mol. The van der Waals surface area contributed by atoms with Crippen molar-refractivity contribution in [3.8, 4) is 0 Å². The highest BCUT2D eigenvalue weighted by Crippen LogP contribution is 2.36. The second-order valence-electron chi connectivity index (χ2n) is 5.61. The van der Waals surface area contributed by atoms with Gasteiger partial charge in [-0.15, -0.1) is 11.8 Å². The zero-order chi connectivity index (χ0) is 14.8. The smallest absolute Gasteiger partial charge is 0.338 e. The lowest BCUT2D eigenvalue weighted by Crippen LogP contribution is -2.53. The number of carboxylic acids is 1. The number of fused-ring (bicyclic) bond motifs is 1. The van der Waals surface area contributed by atoms with E-state index < -0.39 is 5.97 Å². The quantitative estimate of drug-likeness (QED) is 0.869. The summed E-state index contributed by atoms with van der Waals surface area (Å²) in [5, 5.41) is 9.63. The Morgan fingerprint density at radius 2 is 2.19 bits per heavy atom. The molecule has 2 fully saturated rings.